The molecular weight excluding hydrogens is 144 g/mol. The van der Waals surface area contributed by atoms with Crippen LogP contribution in [0.5, 0.6) is 0 Å². The van der Waals surface area contributed by atoms with Crippen molar-refractivity contribution in [2.24, 2.45) is 5.92 Å². The maximum absolute atomic E-state index is 2.38. The average molecular weight is 164 g/mol. The normalized spacial score (nSPS) is 23.6. The Morgan fingerprint density at radius 2 is 2.42 bits per heavy atom. The first kappa shape index (κ1) is 9.57. The second-order valence-electron chi connectivity index (χ2n) is 3.59. The lowest BCUT2D eigenvalue weighted by Crippen LogP contribution is -1.95. The van der Waals surface area contributed by atoms with Crippen LogP contribution in [-0.2, 0) is 0 Å². The summed E-state index contributed by atoms with van der Waals surface area (Å²) >= 11 is 0. The lowest BCUT2D eigenvalue weighted by atomic mass is 9.95. The zero-order valence-corrected chi connectivity index (χ0v) is 8.13. The van der Waals surface area contributed by atoms with Crippen molar-refractivity contribution < 1.29 is 0 Å². The zero-order valence-electron chi connectivity index (χ0n) is 8.13. The van der Waals surface area contributed by atoms with E-state index in [2.05, 4.69) is 31.2 Å². The van der Waals surface area contributed by atoms with Crippen LogP contribution in [0, 0.1) is 5.92 Å². The summed E-state index contributed by atoms with van der Waals surface area (Å²) in [5.74, 6) is 0.746. The Morgan fingerprint density at radius 3 is 3.08 bits per heavy atom. The van der Waals surface area contributed by atoms with Gasteiger partial charge in [0.1, 0.15) is 0 Å². The van der Waals surface area contributed by atoms with Crippen molar-refractivity contribution in [3.05, 3.63) is 24.3 Å². The summed E-state index contributed by atoms with van der Waals surface area (Å²) in [6, 6.07) is 0. The first-order chi connectivity index (χ1) is 5.93. The molecule has 0 fully saturated rings. The Kier molecular flexibility index (Phi) is 4.82. The van der Waals surface area contributed by atoms with E-state index in [1.807, 2.05) is 0 Å². The molecule has 0 aromatic carbocycles. The Morgan fingerprint density at radius 1 is 1.50 bits per heavy atom. The topological polar surface area (TPSA) is 0 Å². The third-order valence-corrected chi connectivity index (χ3v) is 2.40. The van der Waals surface area contributed by atoms with Crippen molar-refractivity contribution in [1.82, 2.24) is 0 Å². The minimum atomic E-state index is 0.746. The highest BCUT2D eigenvalue weighted by atomic mass is 14.1. The number of hydrogen-bond donors (Lipinski definition) is 0. The van der Waals surface area contributed by atoms with Gasteiger partial charge in [0, 0.05) is 0 Å². The Labute approximate surface area is 76.4 Å². The van der Waals surface area contributed by atoms with Gasteiger partial charge in [0.05, 0.1) is 0 Å². The van der Waals surface area contributed by atoms with E-state index in [0.717, 1.165) is 5.92 Å². The molecule has 0 heterocycles. The van der Waals surface area contributed by atoms with E-state index in [1.165, 1.54) is 38.5 Å². The van der Waals surface area contributed by atoms with Crippen molar-refractivity contribution in [2.75, 3.05) is 0 Å². The van der Waals surface area contributed by atoms with Gasteiger partial charge in [0.2, 0.25) is 0 Å². The molecule has 68 valence electrons. The predicted molar refractivity (Wildman–Crippen MR) is 55.1 cm³/mol. The van der Waals surface area contributed by atoms with Crippen LogP contribution in [0.25, 0.3) is 0 Å². The zero-order chi connectivity index (χ0) is 8.65. The molecule has 0 aromatic heterocycles. The highest BCUT2D eigenvalue weighted by Gasteiger charge is 2.02. The number of unbranched alkanes of at least 4 members (excludes halogenated alkanes) is 2. The van der Waals surface area contributed by atoms with Gasteiger partial charge in [-0.25, -0.2) is 0 Å². The molecule has 0 unspecified atom stereocenters. The van der Waals surface area contributed by atoms with Crippen LogP contribution in [0.3, 0.4) is 0 Å². The van der Waals surface area contributed by atoms with Crippen molar-refractivity contribution >= 4 is 0 Å². The Balaban J connectivity index is 2.15. The van der Waals surface area contributed by atoms with Crippen LogP contribution in [0.1, 0.15) is 45.4 Å². The fourth-order valence-electron chi connectivity index (χ4n) is 1.59. The molecule has 12 heavy (non-hydrogen) atoms. The van der Waals surface area contributed by atoms with Crippen molar-refractivity contribution in [3.63, 3.8) is 0 Å². The molecule has 0 saturated carbocycles. The summed E-state index contributed by atoms with van der Waals surface area (Å²) in [7, 11) is 0. The first-order valence-corrected chi connectivity index (χ1v) is 5.27. The lowest BCUT2D eigenvalue weighted by Gasteiger charge is -2.11. The molecule has 0 spiro atoms. The van der Waals surface area contributed by atoms with E-state index in [1.54, 1.807) is 0 Å². The van der Waals surface area contributed by atoms with E-state index in [-0.39, 0.29) is 0 Å². The SMILES string of the molecule is CCCC/C=C/[C@H]1C=CCCC1. The van der Waals surface area contributed by atoms with Crippen molar-refractivity contribution in [3.8, 4) is 0 Å². The summed E-state index contributed by atoms with van der Waals surface area (Å²) in [6.07, 6.45) is 17.3. The largest absolute Gasteiger partial charge is 0.0879 e. The van der Waals surface area contributed by atoms with Crippen LogP contribution in [0.4, 0.5) is 0 Å². The molecular formula is C12H20. The third-order valence-electron chi connectivity index (χ3n) is 2.40. The molecule has 1 atom stereocenters. The van der Waals surface area contributed by atoms with Crippen LogP contribution >= 0.6 is 0 Å². The summed E-state index contributed by atoms with van der Waals surface area (Å²) in [4.78, 5) is 0. The fraction of sp³-hybridized carbons (Fsp3) is 0.667. The van der Waals surface area contributed by atoms with Crippen molar-refractivity contribution in [1.29, 1.82) is 0 Å². The second-order valence-corrected chi connectivity index (χ2v) is 3.59. The van der Waals surface area contributed by atoms with Crippen LogP contribution in [0.15, 0.2) is 24.3 Å². The smallest absolute Gasteiger partial charge is 0.00534 e. The summed E-state index contributed by atoms with van der Waals surface area (Å²) in [5.41, 5.74) is 0. The van der Waals surface area contributed by atoms with Crippen LogP contribution in [0.2, 0.25) is 0 Å². The summed E-state index contributed by atoms with van der Waals surface area (Å²) in [5, 5.41) is 0. The van der Waals surface area contributed by atoms with Crippen LogP contribution < -0.4 is 0 Å². The molecule has 0 bridgehead atoms. The quantitative estimate of drug-likeness (QED) is 0.433. The molecule has 0 amide bonds. The molecule has 0 heteroatoms. The number of rotatable bonds is 4. The third kappa shape index (κ3) is 3.75. The molecule has 0 N–H and O–H groups in total. The van der Waals surface area contributed by atoms with Gasteiger partial charge in [-0.3, -0.25) is 0 Å². The molecule has 0 nitrogen and oxygen atoms in total. The van der Waals surface area contributed by atoms with Gasteiger partial charge >= 0.3 is 0 Å². The van der Waals surface area contributed by atoms with E-state index >= 15 is 0 Å². The van der Waals surface area contributed by atoms with E-state index < -0.39 is 0 Å². The molecule has 1 rings (SSSR count). The molecule has 1 aliphatic rings. The van der Waals surface area contributed by atoms with Gasteiger partial charge < -0.3 is 0 Å². The van der Waals surface area contributed by atoms with Gasteiger partial charge in [-0.15, -0.1) is 0 Å². The fourth-order valence-corrected chi connectivity index (χ4v) is 1.59. The summed E-state index contributed by atoms with van der Waals surface area (Å²) in [6.45, 7) is 2.24. The molecule has 0 aromatic rings. The molecule has 1 aliphatic carbocycles. The monoisotopic (exact) mass is 164 g/mol. The average Bonchev–Trinajstić information content (AvgIpc) is 2.14. The van der Waals surface area contributed by atoms with Crippen LogP contribution in [-0.4, -0.2) is 0 Å². The first-order valence-electron chi connectivity index (χ1n) is 5.27. The van der Waals surface area contributed by atoms with Gasteiger partial charge in [-0.1, -0.05) is 44.1 Å². The van der Waals surface area contributed by atoms with E-state index in [4.69, 9.17) is 0 Å². The molecule has 0 radical (unpaired) electrons. The second kappa shape index (κ2) is 6.05. The predicted octanol–water partition coefficient (Wildman–Crippen LogP) is 4.09. The van der Waals surface area contributed by atoms with Gasteiger partial charge in [-0.05, 0) is 31.6 Å². The highest BCUT2D eigenvalue weighted by molar-refractivity contribution is 5.03. The Bertz CT molecular complexity index is 153. The molecule has 0 aliphatic heterocycles. The van der Waals surface area contributed by atoms with Gasteiger partial charge in [0.15, 0.2) is 0 Å². The number of hydrogen-bond acceptors (Lipinski definition) is 0. The maximum Gasteiger partial charge on any atom is -0.00534 e. The Hall–Kier alpha value is -0.520. The van der Waals surface area contributed by atoms with Gasteiger partial charge in [-0.2, -0.15) is 0 Å². The highest BCUT2D eigenvalue weighted by Crippen LogP contribution is 2.18. The minimum absolute atomic E-state index is 0.746. The standard InChI is InChI=1S/C12H20/c1-2-3-4-6-9-12-10-7-5-8-11-12/h6-7,9-10,12H,2-5,8,11H2,1H3/b9-6+/t12-/m0/s1. The lowest BCUT2D eigenvalue weighted by molar-refractivity contribution is 0.628. The summed E-state index contributed by atoms with van der Waals surface area (Å²) < 4.78 is 0. The van der Waals surface area contributed by atoms with E-state index in [9.17, 15) is 0 Å². The minimum Gasteiger partial charge on any atom is -0.0879 e. The van der Waals surface area contributed by atoms with Crippen molar-refractivity contribution in [2.45, 2.75) is 45.4 Å². The molecule has 0 saturated heterocycles. The van der Waals surface area contributed by atoms with Gasteiger partial charge in [0.25, 0.3) is 0 Å². The number of allylic oxidation sites excluding steroid dienone is 4. The van der Waals surface area contributed by atoms with E-state index in [0.29, 0.717) is 0 Å². The maximum atomic E-state index is 2.38.